The number of fused-ring (bicyclic) bond motifs is 4. The molecule has 1 amide bonds. The van der Waals surface area contributed by atoms with E-state index in [0.29, 0.717) is 11.4 Å². The van der Waals surface area contributed by atoms with Gasteiger partial charge in [-0.2, -0.15) is 0 Å². The van der Waals surface area contributed by atoms with Gasteiger partial charge in [0.05, 0.1) is 11.1 Å². The topological polar surface area (TPSA) is 76.1 Å². The summed E-state index contributed by atoms with van der Waals surface area (Å²) in [5.74, 6) is 1.37. The zero-order chi connectivity index (χ0) is 17.0. The van der Waals surface area contributed by atoms with Crippen LogP contribution in [0.5, 0.6) is 5.75 Å². The van der Waals surface area contributed by atoms with E-state index in [0.717, 1.165) is 34.6 Å². The van der Waals surface area contributed by atoms with Crippen molar-refractivity contribution in [3.8, 4) is 5.75 Å². The molecule has 0 spiro atoms. The van der Waals surface area contributed by atoms with Crippen molar-refractivity contribution in [3.05, 3.63) is 35.0 Å². The van der Waals surface area contributed by atoms with Crippen molar-refractivity contribution < 1.29 is 9.53 Å². The Labute approximate surface area is 148 Å². The van der Waals surface area contributed by atoms with E-state index in [1.807, 2.05) is 18.2 Å². The van der Waals surface area contributed by atoms with Crippen LogP contribution in [0.1, 0.15) is 23.8 Å². The molecule has 0 saturated heterocycles. The molecule has 5 rings (SSSR count). The quantitative estimate of drug-likeness (QED) is 0.736. The fourth-order valence-electron chi connectivity index (χ4n) is 3.45. The highest BCUT2D eigenvalue weighted by Crippen LogP contribution is 2.40. The lowest BCUT2D eigenvalue weighted by molar-refractivity contribution is -0.122. The maximum atomic E-state index is 11.8. The third kappa shape index (κ3) is 2.34. The lowest BCUT2D eigenvalue weighted by Gasteiger charge is -2.23. The second-order valence-electron chi connectivity index (χ2n) is 6.35. The molecule has 3 aromatic rings. The number of nitrogens with one attached hydrogen (secondary N) is 2. The van der Waals surface area contributed by atoms with E-state index in [1.165, 1.54) is 16.9 Å². The van der Waals surface area contributed by atoms with Gasteiger partial charge in [-0.3, -0.25) is 4.79 Å². The Kier molecular flexibility index (Phi) is 3.18. The summed E-state index contributed by atoms with van der Waals surface area (Å²) in [5, 5.41) is 7.39. The van der Waals surface area contributed by atoms with Crippen LogP contribution < -0.4 is 15.4 Å². The fourth-order valence-corrected chi connectivity index (χ4v) is 4.68. The van der Waals surface area contributed by atoms with Crippen molar-refractivity contribution in [1.82, 2.24) is 9.97 Å². The summed E-state index contributed by atoms with van der Waals surface area (Å²) in [6.07, 6.45) is 4.55. The van der Waals surface area contributed by atoms with Crippen molar-refractivity contribution in [2.75, 3.05) is 10.6 Å². The minimum atomic E-state index is -0.471. The summed E-state index contributed by atoms with van der Waals surface area (Å²) in [6.45, 7) is 1.74. The Hall–Kier alpha value is -2.67. The van der Waals surface area contributed by atoms with E-state index in [1.54, 1.807) is 24.6 Å². The van der Waals surface area contributed by atoms with Crippen LogP contribution in [0.2, 0.25) is 0 Å². The van der Waals surface area contributed by atoms with Gasteiger partial charge in [0, 0.05) is 10.6 Å². The number of anilines is 3. The first-order valence-electron chi connectivity index (χ1n) is 8.33. The molecule has 1 aliphatic heterocycles. The van der Waals surface area contributed by atoms with E-state index >= 15 is 0 Å². The number of aromatic nitrogens is 2. The van der Waals surface area contributed by atoms with Gasteiger partial charge in [-0.05, 0) is 49.9 Å². The van der Waals surface area contributed by atoms with Gasteiger partial charge >= 0.3 is 0 Å². The average molecular weight is 352 g/mol. The maximum absolute atomic E-state index is 11.8. The Morgan fingerprint density at radius 1 is 1.32 bits per heavy atom. The molecule has 2 aromatic heterocycles. The number of carbonyl (C=O) groups excluding carboxylic acids is 1. The lowest BCUT2D eigenvalue weighted by Crippen LogP contribution is -2.34. The smallest absolute Gasteiger partial charge is 0.265 e. The predicted octanol–water partition coefficient (Wildman–Crippen LogP) is 3.64. The molecule has 1 aliphatic carbocycles. The summed E-state index contributed by atoms with van der Waals surface area (Å²) in [6, 6.07) is 5.67. The Morgan fingerprint density at radius 3 is 3.16 bits per heavy atom. The zero-order valence-electron chi connectivity index (χ0n) is 13.6. The molecule has 3 heterocycles. The van der Waals surface area contributed by atoms with Gasteiger partial charge in [-0.1, -0.05) is 0 Å². The zero-order valence-corrected chi connectivity index (χ0v) is 14.4. The molecule has 126 valence electrons. The van der Waals surface area contributed by atoms with Crippen LogP contribution in [0.25, 0.3) is 10.2 Å². The molecule has 25 heavy (non-hydrogen) atoms. The molecule has 1 atom stereocenters. The molecule has 2 N–H and O–H groups in total. The standard InChI is InChI=1S/C18H16N4O2S/c1-9-17(23)22-12-7-10(5-6-13(12)24-9)21-16-15-11-3-2-4-14(11)25-18(15)20-8-19-16/h5-9H,2-4H2,1H3,(H,22,23)(H,19,20,21). The van der Waals surface area contributed by atoms with Gasteiger partial charge < -0.3 is 15.4 Å². The Bertz CT molecular complexity index is 1010. The van der Waals surface area contributed by atoms with E-state index in [2.05, 4.69) is 20.6 Å². The monoisotopic (exact) mass is 352 g/mol. The Morgan fingerprint density at radius 2 is 2.24 bits per heavy atom. The third-order valence-electron chi connectivity index (χ3n) is 4.67. The maximum Gasteiger partial charge on any atom is 0.265 e. The first kappa shape index (κ1) is 14.7. The first-order chi connectivity index (χ1) is 12.2. The SMILES string of the molecule is CC1Oc2ccc(Nc3ncnc4sc5c(c34)CCC5)cc2NC1=O. The van der Waals surface area contributed by atoms with Gasteiger partial charge in [0.2, 0.25) is 0 Å². The van der Waals surface area contributed by atoms with Gasteiger partial charge in [0.1, 0.15) is 22.7 Å². The number of hydrogen-bond acceptors (Lipinski definition) is 6. The number of aryl methyl sites for hydroxylation is 2. The van der Waals surface area contributed by atoms with Crippen LogP contribution in [0, 0.1) is 0 Å². The molecule has 0 radical (unpaired) electrons. The summed E-state index contributed by atoms with van der Waals surface area (Å²) < 4.78 is 5.60. The molecular formula is C18H16N4O2S. The number of benzene rings is 1. The van der Waals surface area contributed by atoms with Crippen molar-refractivity contribution in [2.45, 2.75) is 32.3 Å². The summed E-state index contributed by atoms with van der Waals surface area (Å²) in [4.78, 5) is 23.2. The molecule has 1 aromatic carbocycles. The lowest BCUT2D eigenvalue weighted by atomic mass is 10.1. The van der Waals surface area contributed by atoms with E-state index < -0.39 is 6.10 Å². The highest BCUT2D eigenvalue weighted by Gasteiger charge is 2.24. The molecule has 6 nitrogen and oxygen atoms in total. The van der Waals surface area contributed by atoms with Gasteiger partial charge in [0.15, 0.2) is 6.10 Å². The first-order valence-corrected chi connectivity index (χ1v) is 9.14. The minimum Gasteiger partial charge on any atom is -0.479 e. The number of carbonyl (C=O) groups is 1. The van der Waals surface area contributed by atoms with Gasteiger partial charge in [-0.25, -0.2) is 9.97 Å². The summed E-state index contributed by atoms with van der Waals surface area (Å²) in [5.41, 5.74) is 2.91. The number of ether oxygens (including phenoxy) is 1. The second-order valence-corrected chi connectivity index (χ2v) is 7.43. The molecule has 1 unspecified atom stereocenters. The molecular weight excluding hydrogens is 336 g/mol. The summed E-state index contributed by atoms with van der Waals surface area (Å²) in [7, 11) is 0. The van der Waals surface area contributed by atoms with Crippen LogP contribution in [-0.4, -0.2) is 22.0 Å². The largest absolute Gasteiger partial charge is 0.479 e. The molecule has 0 saturated carbocycles. The second kappa shape index (κ2) is 5.42. The van der Waals surface area contributed by atoms with Crippen molar-refractivity contribution >= 4 is 44.7 Å². The molecule has 2 aliphatic rings. The normalized spacial score (nSPS) is 18.4. The minimum absolute atomic E-state index is 0.135. The number of rotatable bonds is 2. The van der Waals surface area contributed by atoms with Crippen molar-refractivity contribution in [2.24, 2.45) is 0 Å². The molecule has 0 bridgehead atoms. The Balaban J connectivity index is 1.53. The number of thiophene rings is 1. The van der Waals surface area contributed by atoms with E-state index in [4.69, 9.17) is 4.74 Å². The van der Waals surface area contributed by atoms with Gasteiger partial charge in [-0.15, -0.1) is 11.3 Å². The van der Waals surface area contributed by atoms with Crippen LogP contribution in [-0.2, 0) is 17.6 Å². The van der Waals surface area contributed by atoms with Crippen LogP contribution in [0.3, 0.4) is 0 Å². The highest BCUT2D eigenvalue weighted by atomic mass is 32.1. The summed E-state index contributed by atoms with van der Waals surface area (Å²) >= 11 is 1.77. The van der Waals surface area contributed by atoms with Gasteiger partial charge in [0.25, 0.3) is 5.91 Å². The molecule has 0 fully saturated rings. The van der Waals surface area contributed by atoms with Crippen LogP contribution in [0.4, 0.5) is 17.2 Å². The van der Waals surface area contributed by atoms with Crippen molar-refractivity contribution in [1.29, 1.82) is 0 Å². The average Bonchev–Trinajstić information content (AvgIpc) is 3.17. The third-order valence-corrected chi connectivity index (χ3v) is 5.87. The number of hydrogen-bond donors (Lipinski definition) is 2. The van der Waals surface area contributed by atoms with Crippen molar-refractivity contribution in [3.63, 3.8) is 0 Å². The number of nitrogens with zero attached hydrogens (tertiary/aromatic N) is 2. The fraction of sp³-hybridized carbons (Fsp3) is 0.278. The van der Waals surface area contributed by atoms with E-state index in [9.17, 15) is 4.79 Å². The van der Waals surface area contributed by atoms with Crippen LogP contribution in [0.15, 0.2) is 24.5 Å². The number of amides is 1. The molecule has 7 heteroatoms. The van der Waals surface area contributed by atoms with E-state index in [-0.39, 0.29) is 5.91 Å². The van der Waals surface area contributed by atoms with Crippen LogP contribution >= 0.6 is 11.3 Å². The highest BCUT2D eigenvalue weighted by molar-refractivity contribution is 7.19. The predicted molar refractivity (Wildman–Crippen MR) is 97.9 cm³/mol.